The van der Waals surface area contributed by atoms with Crippen LogP contribution >= 0.6 is 0 Å². The first-order valence-corrected chi connectivity index (χ1v) is 6.09. The van der Waals surface area contributed by atoms with E-state index in [9.17, 15) is 14.4 Å². The van der Waals surface area contributed by atoms with Crippen LogP contribution in [0.2, 0.25) is 0 Å². The van der Waals surface area contributed by atoms with Crippen LogP contribution in [0.4, 0.5) is 4.79 Å². The van der Waals surface area contributed by atoms with Crippen molar-refractivity contribution < 1.29 is 24.2 Å². The Bertz CT molecular complexity index is 344. The monoisotopic (exact) mass is 273 g/mol. The second kappa shape index (κ2) is 6.93. The van der Waals surface area contributed by atoms with Crippen LogP contribution in [-0.2, 0) is 14.3 Å². The summed E-state index contributed by atoms with van der Waals surface area (Å²) < 4.78 is 5.27. The summed E-state index contributed by atoms with van der Waals surface area (Å²) in [7, 11) is 0. The maximum absolute atomic E-state index is 12.3. The van der Waals surface area contributed by atoms with Crippen molar-refractivity contribution in [3.8, 4) is 0 Å². The van der Waals surface area contributed by atoms with Crippen molar-refractivity contribution in [2.45, 2.75) is 19.4 Å². The largest absolute Gasteiger partial charge is 0.480 e. The third-order valence-corrected chi connectivity index (χ3v) is 2.89. The van der Waals surface area contributed by atoms with Crippen LogP contribution < -0.4 is 5.73 Å². The van der Waals surface area contributed by atoms with Crippen molar-refractivity contribution in [2.24, 2.45) is 5.73 Å². The Morgan fingerprint density at radius 1 is 1.42 bits per heavy atom. The standard InChI is InChI=1S/C11H19N3O5/c1-2-8-7-19-4-3-14(8)11(18)13(5-9(12)15)6-10(16)17/h8H,2-7H2,1H3,(H2,12,15)(H,16,17). The lowest BCUT2D eigenvalue weighted by molar-refractivity contribution is -0.138. The summed E-state index contributed by atoms with van der Waals surface area (Å²) in [5.74, 6) is -1.92. The number of nitrogens with zero attached hydrogens (tertiary/aromatic N) is 2. The number of primary amides is 1. The first-order chi connectivity index (χ1) is 8.95. The average Bonchev–Trinajstić information content (AvgIpc) is 2.36. The fourth-order valence-electron chi connectivity index (χ4n) is 1.97. The Balaban J connectivity index is 2.78. The van der Waals surface area contributed by atoms with Gasteiger partial charge in [-0.1, -0.05) is 6.92 Å². The highest BCUT2D eigenvalue weighted by molar-refractivity contribution is 5.86. The number of morpholine rings is 1. The summed E-state index contributed by atoms with van der Waals surface area (Å²) in [6.45, 7) is 2.16. The second-order valence-electron chi connectivity index (χ2n) is 4.33. The number of nitrogens with two attached hydrogens (primary N) is 1. The van der Waals surface area contributed by atoms with Crippen molar-refractivity contribution in [1.82, 2.24) is 9.80 Å². The normalized spacial score (nSPS) is 19.0. The Morgan fingerprint density at radius 2 is 2.11 bits per heavy atom. The molecule has 1 fully saturated rings. The average molecular weight is 273 g/mol. The lowest BCUT2D eigenvalue weighted by Gasteiger charge is -2.37. The van der Waals surface area contributed by atoms with Crippen LogP contribution in [0.25, 0.3) is 0 Å². The molecular formula is C11H19N3O5. The molecule has 3 N–H and O–H groups in total. The Kier molecular flexibility index (Phi) is 5.56. The topological polar surface area (TPSA) is 113 Å². The number of ether oxygens (including phenoxy) is 1. The fourth-order valence-corrected chi connectivity index (χ4v) is 1.97. The van der Waals surface area contributed by atoms with E-state index in [1.165, 1.54) is 4.90 Å². The molecule has 1 rings (SSSR count). The van der Waals surface area contributed by atoms with Gasteiger partial charge >= 0.3 is 12.0 Å². The summed E-state index contributed by atoms with van der Waals surface area (Å²) in [6.07, 6.45) is 0.698. The van der Waals surface area contributed by atoms with Crippen LogP contribution in [0.1, 0.15) is 13.3 Å². The summed E-state index contributed by atoms with van der Waals surface area (Å²) in [5.41, 5.74) is 5.03. The molecule has 0 aliphatic carbocycles. The van der Waals surface area contributed by atoms with E-state index in [4.69, 9.17) is 15.6 Å². The number of carboxylic acids is 1. The summed E-state index contributed by atoms with van der Waals surface area (Å²) in [6, 6.07) is -0.596. The van der Waals surface area contributed by atoms with E-state index in [1.807, 2.05) is 6.92 Å². The molecule has 108 valence electrons. The Hall–Kier alpha value is -1.83. The van der Waals surface area contributed by atoms with Crippen LogP contribution in [-0.4, -0.2) is 71.7 Å². The van der Waals surface area contributed by atoms with Gasteiger partial charge in [-0.05, 0) is 6.42 Å². The van der Waals surface area contributed by atoms with E-state index in [0.717, 1.165) is 4.90 Å². The van der Waals surface area contributed by atoms with E-state index in [1.54, 1.807) is 0 Å². The molecule has 1 unspecified atom stereocenters. The smallest absolute Gasteiger partial charge is 0.323 e. The van der Waals surface area contributed by atoms with Crippen LogP contribution in [0.15, 0.2) is 0 Å². The molecule has 0 bridgehead atoms. The van der Waals surface area contributed by atoms with Crippen LogP contribution in [0.5, 0.6) is 0 Å². The quantitative estimate of drug-likeness (QED) is 0.673. The van der Waals surface area contributed by atoms with Gasteiger partial charge in [-0.25, -0.2) is 4.79 Å². The van der Waals surface area contributed by atoms with Gasteiger partial charge < -0.3 is 25.4 Å². The molecule has 3 amide bonds. The minimum atomic E-state index is -1.18. The van der Waals surface area contributed by atoms with Gasteiger partial charge in [-0.3, -0.25) is 9.59 Å². The molecule has 0 aromatic carbocycles. The number of hydrogen-bond donors (Lipinski definition) is 2. The minimum absolute atomic E-state index is 0.106. The highest BCUT2D eigenvalue weighted by Crippen LogP contribution is 2.13. The molecule has 0 radical (unpaired) electrons. The number of hydrogen-bond acceptors (Lipinski definition) is 4. The highest BCUT2D eigenvalue weighted by Gasteiger charge is 2.30. The van der Waals surface area contributed by atoms with Crippen LogP contribution in [0.3, 0.4) is 0 Å². The number of urea groups is 1. The first-order valence-electron chi connectivity index (χ1n) is 6.09. The molecule has 1 saturated heterocycles. The first kappa shape index (κ1) is 15.2. The predicted molar refractivity (Wildman–Crippen MR) is 65.4 cm³/mol. The number of amides is 3. The number of rotatable bonds is 5. The van der Waals surface area contributed by atoms with E-state index < -0.39 is 31.0 Å². The Labute approximate surface area is 111 Å². The molecule has 0 aromatic rings. The van der Waals surface area contributed by atoms with Gasteiger partial charge in [0.15, 0.2) is 0 Å². The maximum Gasteiger partial charge on any atom is 0.323 e. The second-order valence-corrected chi connectivity index (χ2v) is 4.33. The van der Waals surface area contributed by atoms with Crippen molar-refractivity contribution in [1.29, 1.82) is 0 Å². The molecule has 1 atom stereocenters. The molecule has 1 heterocycles. The highest BCUT2D eigenvalue weighted by atomic mass is 16.5. The maximum atomic E-state index is 12.3. The van der Waals surface area contributed by atoms with Gasteiger partial charge in [0, 0.05) is 6.54 Å². The third-order valence-electron chi connectivity index (χ3n) is 2.89. The van der Waals surface area contributed by atoms with Gasteiger partial charge in [-0.15, -0.1) is 0 Å². The lowest BCUT2D eigenvalue weighted by Crippen LogP contribution is -2.55. The molecule has 1 aliphatic heterocycles. The van der Waals surface area contributed by atoms with Crippen molar-refractivity contribution in [3.63, 3.8) is 0 Å². The fraction of sp³-hybridized carbons (Fsp3) is 0.727. The molecule has 8 nitrogen and oxygen atoms in total. The van der Waals surface area contributed by atoms with Gasteiger partial charge in [-0.2, -0.15) is 0 Å². The van der Waals surface area contributed by atoms with E-state index in [-0.39, 0.29) is 6.04 Å². The molecular weight excluding hydrogens is 254 g/mol. The number of carbonyl (C=O) groups is 3. The third kappa shape index (κ3) is 4.40. The SMILES string of the molecule is CCC1COCCN1C(=O)N(CC(N)=O)CC(=O)O. The zero-order valence-electron chi connectivity index (χ0n) is 10.9. The lowest BCUT2D eigenvalue weighted by atomic mass is 10.2. The minimum Gasteiger partial charge on any atom is -0.480 e. The van der Waals surface area contributed by atoms with E-state index >= 15 is 0 Å². The van der Waals surface area contributed by atoms with Gasteiger partial charge in [0.05, 0.1) is 19.3 Å². The summed E-state index contributed by atoms with van der Waals surface area (Å²) >= 11 is 0. The van der Waals surface area contributed by atoms with Crippen molar-refractivity contribution >= 4 is 17.9 Å². The van der Waals surface area contributed by atoms with Gasteiger partial charge in [0.1, 0.15) is 13.1 Å². The molecule has 0 saturated carbocycles. The van der Waals surface area contributed by atoms with Gasteiger partial charge in [0.25, 0.3) is 0 Å². The molecule has 1 aliphatic rings. The molecule has 0 aromatic heterocycles. The zero-order chi connectivity index (χ0) is 14.4. The van der Waals surface area contributed by atoms with E-state index in [0.29, 0.717) is 26.2 Å². The zero-order valence-corrected chi connectivity index (χ0v) is 10.9. The molecule has 8 heteroatoms. The van der Waals surface area contributed by atoms with Crippen LogP contribution in [0, 0.1) is 0 Å². The predicted octanol–water partition coefficient (Wildman–Crippen LogP) is -0.911. The van der Waals surface area contributed by atoms with Crippen molar-refractivity contribution in [2.75, 3.05) is 32.8 Å². The number of aliphatic carboxylic acids is 1. The van der Waals surface area contributed by atoms with Gasteiger partial charge in [0.2, 0.25) is 5.91 Å². The van der Waals surface area contributed by atoms with Crippen molar-refractivity contribution in [3.05, 3.63) is 0 Å². The summed E-state index contributed by atoms with van der Waals surface area (Å²) in [4.78, 5) is 36.4. The summed E-state index contributed by atoms with van der Waals surface area (Å²) in [5, 5.41) is 8.78. The Morgan fingerprint density at radius 3 is 2.63 bits per heavy atom. The number of carboxylic acid groups (broad SMARTS) is 1. The molecule has 19 heavy (non-hydrogen) atoms. The number of carbonyl (C=O) groups excluding carboxylic acids is 2. The van der Waals surface area contributed by atoms with E-state index in [2.05, 4.69) is 0 Å². The molecule has 0 spiro atoms.